The lowest BCUT2D eigenvalue weighted by atomic mass is 10.1. The van der Waals surface area contributed by atoms with Crippen molar-refractivity contribution in [1.29, 1.82) is 0 Å². The summed E-state index contributed by atoms with van der Waals surface area (Å²) >= 11 is 12.2. The van der Waals surface area contributed by atoms with Crippen LogP contribution in [0.5, 0.6) is 0 Å². The van der Waals surface area contributed by atoms with Crippen LogP contribution in [-0.4, -0.2) is 64.3 Å². The summed E-state index contributed by atoms with van der Waals surface area (Å²) in [6.45, 7) is 3.62. The van der Waals surface area contributed by atoms with Gasteiger partial charge in [0.15, 0.2) is 0 Å². The largest absolute Gasteiger partial charge is 0.375 e. The molecule has 0 aromatic heterocycles. The summed E-state index contributed by atoms with van der Waals surface area (Å²) in [6, 6.07) is 22.5. The SMILES string of the molecule is CS(=O)(=O)NCc1ccccc1N1CCN(C(=O)[C@H](COCc2ccc(Cl)c(Cl)c2)NCc2ccccc2)CC1. The normalized spacial score (nSPS) is 14.8. The van der Waals surface area contributed by atoms with Crippen molar-refractivity contribution in [2.45, 2.75) is 25.7 Å². The number of carbonyl (C=O) groups excluding carboxylic acids is 1. The molecule has 0 bridgehead atoms. The Labute approximate surface area is 246 Å². The van der Waals surface area contributed by atoms with Gasteiger partial charge < -0.3 is 14.5 Å². The Morgan fingerprint density at radius 2 is 1.60 bits per heavy atom. The topological polar surface area (TPSA) is 91.0 Å². The Hall–Kier alpha value is -2.66. The van der Waals surface area contributed by atoms with Crippen molar-refractivity contribution in [3.05, 3.63) is 99.5 Å². The number of amides is 1. The van der Waals surface area contributed by atoms with Gasteiger partial charge in [0.1, 0.15) is 6.04 Å². The number of piperazine rings is 1. The third kappa shape index (κ3) is 8.92. The highest BCUT2D eigenvalue weighted by Crippen LogP contribution is 2.24. The van der Waals surface area contributed by atoms with E-state index < -0.39 is 16.1 Å². The van der Waals surface area contributed by atoms with Gasteiger partial charge >= 0.3 is 0 Å². The van der Waals surface area contributed by atoms with Crippen molar-refractivity contribution in [1.82, 2.24) is 14.9 Å². The molecule has 1 aliphatic rings. The van der Waals surface area contributed by atoms with Gasteiger partial charge in [-0.15, -0.1) is 0 Å². The first-order valence-electron chi connectivity index (χ1n) is 13.0. The zero-order valence-corrected chi connectivity index (χ0v) is 24.7. The molecule has 1 saturated heterocycles. The van der Waals surface area contributed by atoms with Crippen LogP contribution in [0.4, 0.5) is 5.69 Å². The zero-order chi connectivity index (χ0) is 28.5. The van der Waals surface area contributed by atoms with Crippen LogP contribution in [0, 0.1) is 0 Å². The molecule has 1 atom stereocenters. The third-order valence-electron chi connectivity index (χ3n) is 6.68. The summed E-state index contributed by atoms with van der Waals surface area (Å²) in [5.74, 6) is -0.0169. The van der Waals surface area contributed by atoms with Crippen LogP contribution in [0.25, 0.3) is 0 Å². The van der Waals surface area contributed by atoms with E-state index in [9.17, 15) is 13.2 Å². The molecule has 0 aliphatic carbocycles. The predicted molar refractivity (Wildman–Crippen MR) is 160 cm³/mol. The summed E-state index contributed by atoms with van der Waals surface area (Å²) in [6.07, 6.45) is 1.15. The Bertz CT molecular complexity index is 1380. The molecule has 1 fully saturated rings. The molecule has 0 radical (unpaired) electrons. The van der Waals surface area contributed by atoms with E-state index in [4.69, 9.17) is 27.9 Å². The number of hydrogen-bond acceptors (Lipinski definition) is 6. The van der Waals surface area contributed by atoms with Crippen LogP contribution >= 0.6 is 23.2 Å². The maximum absolute atomic E-state index is 13.6. The van der Waals surface area contributed by atoms with E-state index in [2.05, 4.69) is 14.9 Å². The van der Waals surface area contributed by atoms with E-state index in [1.54, 1.807) is 12.1 Å². The second-order valence-electron chi connectivity index (χ2n) is 9.72. The highest BCUT2D eigenvalue weighted by Gasteiger charge is 2.28. The number of hydrogen-bond donors (Lipinski definition) is 2. The number of para-hydroxylation sites is 1. The van der Waals surface area contributed by atoms with E-state index in [0.29, 0.717) is 49.4 Å². The van der Waals surface area contributed by atoms with E-state index in [1.807, 2.05) is 65.6 Å². The van der Waals surface area contributed by atoms with Gasteiger partial charge in [0, 0.05) is 45.0 Å². The molecule has 3 aromatic rings. The Morgan fingerprint density at radius 3 is 2.30 bits per heavy atom. The summed E-state index contributed by atoms with van der Waals surface area (Å²) in [5.41, 5.74) is 3.82. The summed E-state index contributed by atoms with van der Waals surface area (Å²) < 4.78 is 31.7. The van der Waals surface area contributed by atoms with Crippen molar-refractivity contribution in [2.75, 3.05) is 43.9 Å². The molecule has 1 aliphatic heterocycles. The molecular formula is C29H34Cl2N4O4S. The van der Waals surface area contributed by atoms with Gasteiger partial charge in [-0.25, -0.2) is 13.1 Å². The number of anilines is 1. The third-order valence-corrected chi connectivity index (χ3v) is 8.09. The number of carbonyl (C=O) groups is 1. The van der Waals surface area contributed by atoms with Gasteiger partial charge in [-0.05, 0) is 34.9 Å². The number of rotatable bonds is 12. The molecule has 0 unspecified atom stereocenters. The molecule has 0 saturated carbocycles. The first kappa shape index (κ1) is 30.3. The lowest BCUT2D eigenvalue weighted by Gasteiger charge is -2.38. The molecule has 0 spiro atoms. The summed E-state index contributed by atoms with van der Waals surface area (Å²) in [5, 5.41) is 4.33. The van der Waals surface area contributed by atoms with Gasteiger partial charge in [-0.3, -0.25) is 10.1 Å². The van der Waals surface area contributed by atoms with Crippen molar-refractivity contribution >= 4 is 44.8 Å². The minimum atomic E-state index is -3.31. The lowest BCUT2D eigenvalue weighted by molar-refractivity contribution is -0.135. The second kappa shape index (κ2) is 14.3. The fraction of sp³-hybridized carbons (Fsp3) is 0.345. The molecule has 3 aromatic carbocycles. The molecular weight excluding hydrogens is 571 g/mol. The second-order valence-corrected chi connectivity index (χ2v) is 12.4. The zero-order valence-electron chi connectivity index (χ0n) is 22.4. The van der Waals surface area contributed by atoms with E-state index >= 15 is 0 Å². The van der Waals surface area contributed by atoms with Gasteiger partial charge in [0.2, 0.25) is 15.9 Å². The molecule has 4 rings (SSSR count). The van der Waals surface area contributed by atoms with Gasteiger partial charge in [0.25, 0.3) is 0 Å². The number of nitrogens with zero attached hydrogens (tertiary/aromatic N) is 2. The van der Waals surface area contributed by atoms with E-state index in [-0.39, 0.29) is 19.1 Å². The first-order valence-corrected chi connectivity index (χ1v) is 15.7. The molecule has 40 heavy (non-hydrogen) atoms. The van der Waals surface area contributed by atoms with Crippen LogP contribution in [-0.2, 0) is 39.3 Å². The van der Waals surface area contributed by atoms with Crippen LogP contribution in [0.1, 0.15) is 16.7 Å². The van der Waals surface area contributed by atoms with Crippen LogP contribution in [0.2, 0.25) is 10.0 Å². The van der Waals surface area contributed by atoms with Crippen LogP contribution < -0.4 is 14.9 Å². The molecule has 1 heterocycles. The number of benzene rings is 3. The van der Waals surface area contributed by atoms with Gasteiger partial charge in [-0.1, -0.05) is 77.8 Å². The number of ether oxygens (including phenoxy) is 1. The number of halogens is 2. The predicted octanol–water partition coefficient (Wildman–Crippen LogP) is 4.07. The van der Waals surface area contributed by atoms with Gasteiger partial charge in [-0.2, -0.15) is 0 Å². The average molecular weight is 606 g/mol. The minimum absolute atomic E-state index is 0.0169. The summed E-state index contributed by atoms with van der Waals surface area (Å²) in [4.78, 5) is 17.7. The Morgan fingerprint density at radius 1 is 0.900 bits per heavy atom. The van der Waals surface area contributed by atoms with Crippen molar-refractivity contribution in [3.8, 4) is 0 Å². The molecule has 2 N–H and O–H groups in total. The fourth-order valence-corrected chi connectivity index (χ4v) is 5.28. The average Bonchev–Trinajstić information content (AvgIpc) is 2.95. The number of nitrogens with one attached hydrogen (secondary N) is 2. The minimum Gasteiger partial charge on any atom is -0.375 e. The Balaban J connectivity index is 1.38. The van der Waals surface area contributed by atoms with Crippen LogP contribution in [0.3, 0.4) is 0 Å². The molecule has 11 heteroatoms. The quantitative estimate of drug-likeness (QED) is 0.324. The molecule has 1 amide bonds. The highest BCUT2D eigenvalue weighted by atomic mass is 35.5. The highest BCUT2D eigenvalue weighted by molar-refractivity contribution is 7.88. The maximum Gasteiger partial charge on any atom is 0.242 e. The van der Waals surface area contributed by atoms with Crippen LogP contribution in [0.15, 0.2) is 72.8 Å². The lowest BCUT2D eigenvalue weighted by Crippen LogP contribution is -2.55. The van der Waals surface area contributed by atoms with E-state index in [0.717, 1.165) is 28.6 Å². The van der Waals surface area contributed by atoms with Crippen molar-refractivity contribution in [2.24, 2.45) is 0 Å². The van der Waals surface area contributed by atoms with Gasteiger partial charge in [0.05, 0.1) is 29.5 Å². The molecule has 8 nitrogen and oxygen atoms in total. The van der Waals surface area contributed by atoms with Crippen molar-refractivity contribution in [3.63, 3.8) is 0 Å². The fourth-order valence-electron chi connectivity index (χ4n) is 4.54. The number of sulfonamides is 1. The monoisotopic (exact) mass is 604 g/mol. The summed E-state index contributed by atoms with van der Waals surface area (Å²) in [7, 11) is -3.31. The Kier molecular flexibility index (Phi) is 10.8. The van der Waals surface area contributed by atoms with Crippen molar-refractivity contribution < 1.29 is 17.9 Å². The standard InChI is InChI=1S/C29H34Cl2N4O4S/c1-40(37,38)33-19-24-9-5-6-10-28(24)34-13-15-35(16-14-34)29(36)27(32-18-22-7-3-2-4-8-22)21-39-20-23-11-12-25(30)26(31)17-23/h2-12,17,27,32-33H,13-16,18-21H2,1H3/t27-/m0/s1. The maximum atomic E-state index is 13.6. The first-order chi connectivity index (χ1) is 19.2. The molecule has 214 valence electrons. The smallest absolute Gasteiger partial charge is 0.242 e. The van der Waals surface area contributed by atoms with E-state index in [1.165, 1.54) is 0 Å².